The van der Waals surface area contributed by atoms with Crippen molar-refractivity contribution in [2.24, 2.45) is 0 Å². The lowest BCUT2D eigenvalue weighted by molar-refractivity contribution is 0.397. The summed E-state index contributed by atoms with van der Waals surface area (Å²) in [5.41, 5.74) is 1.10. The summed E-state index contributed by atoms with van der Waals surface area (Å²) in [4.78, 5) is 10.1. The Hall–Kier alpha value is -1.72. The van der Waals surface area contributed by atoms with Crippen molar-refractivity contribution in [2.45, 2.75) is 0 Å². The normalized spacial score (nSPS) is 10.4. The zero-order valence-electron chi connectivity index (χ0n) is 11.7. The quantitative estimate of drug-likeness (QED) is 0.859. The molecule has 0 fully saturated rings. The molecule has 110 valence electrons. The first-order chi connectivity index (χ1) is 9.97. The summed E-state index contributed by atoms with van der Waals surface area (Å²) >= 11 is 12.1. The molecule has 0 aliphatic rings. The lowest BCUT2D eigenvalue weighted by Crippen LogP contribution is -2.14. The van der Waals surface area contributed by atoms with E-state index in [4.69, 9.17) is 39.6 Å². The average molecular weight is 326 g/mol. The molecule has 0 saturated carbocycles. The number of rotatable bonds is 4. The van der Waals surface area contributed by atoms with E-state index in [0.717, 1.165) is 0 Å². The topological polar surface area (TPSA) is 47.5 Å². The zero-order valence-corrected chi connectivity index (χ0v) is 13.2. The number of halogens is 2. The lowest BCUT2D eigenvalue weighted by Gasteiger charge is -2.20. The molecule has 0 atom stereocenters. The highest BCUT2D eigenvalue weighted by Crippen LogP contribution is 2.35. The van der Waals surface area contributed by atoms with Gasteiger partial charge in [0.15, 0.2) is 0 Å². The lowest BCUT2D eigenvalue weighted by atomic mass is 10.2. The molecule has 0 N–H and O–H groups in total. The van der Waals surface area contributed by atoms with Gasteiger partial charge in [-0.1, -0.05) is 23.2 Å². The molecule has 0 spiro atoms. The number of anilines is 2. The Labute approximate surface area is 133 Å². The number of nitrogens with zero attached hydrogens (tertiary/aromatic N) is 3. The summed E-state index contributed by atoms with van der Waals surface area (Å²) in [5.74, 6) is 1.18. The molecule has 0 amide bonds. The number of hydrogen-bond donors (Lipinski definition) is 0. The van der Waals surface area contributed by atoms with Gasteiger partial charge in [-0.3, -0.25) is 0 Å². The van der Waals surface area contributed by atoms with Crippen LogP contribution in [0.5, 0.6) is 11.6 Å². The van der Waals surface area contributed by atoms with Crippen molar-refractivity contribution in [3.05, 3.63) is 40.9 Å². The average Bonchev–Trinajstić information content (AvgIpc) is 2.47. The summed E-state index contributed by atoms with van der Waals surface area (Å²) in [5, 5.41) is 0.781. The van der Waals surface area contributed by atoms with E-state index in [2.05, 4.69) is 9.97 Å². The van der Waals surface area contributed by atoms with Crippen molar-refractivity contribution in [1.82, 2.24) is 9.97 Å². The van der Waals surface area contributed by atoms with Gasteiger partial charge in [0.25, 0.3) is 0 Å². The van der Waals surface area contributed by atoms with Crippen LogP contribution in [-0.4, -0.2) is 31.2 Å². The fourth-order valence-electron chi connectivity index (χ4n) is 1.75. The molecule has 5 nitrogen and oxygen atoms in total. The number of hydrogen-bond acceptors (Lipinski definition) is 5. The Bertz CT molecular complexity index is 665. The Kier molecular flexibility index (Phi) is 4.75. The molecular formula is C14H13Cl2N3O2. The predicted molar refractivity (Wildman–Crippen MR) is 83.1 cm³/mol. The van der Waals surface area contributed by atoms with Crippen LogP contribution in [0.15, 0.2) is 18.3 Å². The minimum absolute atomic E-state index is 0.284. The molecule has 0 saturated heterocycles. The summed E-state index contributed by atoms with van der Waals surface area (Å²) in [6.45, 7) is 5.81. The largest absolute Gasteiger partial charge is 0.496 e. The van der Waals surface area contributed by atoms with Gasteiger partial charge in [0.1, 0.15) is 10.8 Å². The van der Waals surface area contributed by atoms with Gasteiger partial charge in [0.05, 0.1) is 31.1 Å². The van der Waals surface area contributed by atoms with E-state index in [-0.39, 0.29) is 5.88 Å². The summed E-state index contributed by atoms with van der Waals surface area (Å²) in [6, 6.07) is 3.32. The maximum atomic E-state index is 6.22. The highest BCUT2D eigenvalue weighted by molar-refractivity contribution is 6.33. The molecule has 0 aliphatic heterocycles. The maximum absolute atomic E-state index is 6.22. The number of ether oxygens (including phenoxy) is 2. The van der Waals surface area contributed by atoms with E-state index in [1.54, 1.807) is 24.1 Å². The standard InChI is InChI=1S/C14H13Cl2N3O2/c1-8-5-9(15)11(6-12(8)20-3)19(2)14-17-7-10(16)13(18-14)21-4/h1,5-7H,2-4H3. The second kappa shape index (κ2) is 6.37. The molecule has 1 aromatic heterocycles. The molecular weight excluding hydrogens is 313 g/mol. The molecule has 0 aliphatic carbocycles. The van der Waals surface area contributed by atoms with E-state index in [1.807, 2.05) is 0 Å². The van der Waals surface area contributed by atoms with Crippen molar-refractivity contribution in [1.29, 1.82) is 0 Å². The fourth-order valence-corrected chi connectivity index (χ4v) is 2.21. The van der Waals surface area contributed by atoms with Crippen LogP contribution in [0.3, 0.4) is 0 Å². The van der Waals surface area contributed by atoms with Crippen LogP contribution in [-0.2, 0) is 0 Å². The van der Waals surface area contributed by atoms with Crippen LogP contribution < -0.4 is 14.4 Å². The van der Waals surface area contributed by atoms with E-state index in [1.165, 1.54) is 20.4 Å². The monoisotopic (exact) mass is 325 g/mol. The summed E-state index contributed by atoms with van der Waals surface area (Å²) in [6.07, 6.45) is 1.46. The zero-order chi connectivity index (χ0) is 15.6. The SMILES string of the molecule is [CH]c1cc(Cl)c(N(C)c2ncc(Cl)c(OC)n2)cc1OC. The van der Waals surface area contributed by atoms with Gasteiger partial charge < -0.3 is 14.4 Å². The molecule has 2 aromatic rings. The summed E-state index contributed by atoms with van der Waals surface area (Å²) < 4.78 is 10.3. The number of aromatic nitrogens is 2. The fraction of sp³-hybridized carbons (Fsp3) is 0.214. The van der Waals surface area contributed by atoms with E-state index in [0.29, 0.717) is 33.0 Å². The molecule has 0 unspecified atom stereocenters. The number of benzene rings is 1. The summed E-state index contributed by atoms with van der Waals surface area (Å²) in [7, 11) is 4.78. The molecule has 1 heterocycles. The molecule has 2 rings (SSSR count). The van der Waals surface area contributed by atoms with Crippen LogP contribution in [0.4, 0.5) is 11.6 Å². The Morgan fingerprint density at radius 2 is 1.86 bits per heavy atom. The highest BCUT2D eigenvalue weighted by atomic mass is 35.5. The maximum Gasteiger partial charge on any atom is 0.237 e. The second-order valence-electron chi connectivity index (χ2n) is 4.13. The predicted octanol–water partition coefficient (Wildman–Crippen LogP) is 3.63. The van der Waals surface area contributed by atoms with E-state index >= 15 is 0 Å². The minimum Gasteiger partial charge on any atom is -0.496 e. The molecule has 2 radical (unpaired) electrons. The first kappa shape index (κ1) is 15.7. The Balaban J connectivity index is 2.46. The van der Waals surface area contributed by atoms with Crippen LogP contribution in [0, 0.1) is 6.92 Å². The van der Waals surface area contributed by atoms with Crippen molar-refractivity contribution >= 4 is 34.8 Å². The van der Waals surface area contributed by atoms with Gasteiger partial charge in [0, 0.05) is 25.6 Å². The van der Waals surface area contributed by atoms with Gasteiger partial charge >= 0.3 is 0 Å². The Morgan fingerprint density at radius 1 is 1.14 bits per heavy atom. The van der Waals surface area contributed by atoms with Gasteiger partial charge in [-0.05, 0) is 6.07 Å². The first-order valence-corrected chi connectivity index (χ1v) is 6.66. The minimum atomic E-state index is 0.284. The smallest absolute Gasteiger partial charge is 0.237 e. The highest BCUT2D eigenvalue weighted by Gasteiger charge is 2.15. The van der Waals surface area contributed by atoms with Crippen molar-refractivity contribution < 1.29 is 9.47 Å². The second-order valence-corrected chi connectivity index (χ2v) is 4.95. The van der Waals surface area contributed by atoms with E-state index < -0.39 is 0 Å². The van der Waals surface area contributed by atoms with Gasteiger partial charge in [-0.25, -0.2) is 4.98 Å². The van der Waals surface area contributed by atoms with E-state index in [9.17, 15) is 0 Å². The van der Waals surface area contributed by atoms with Crippen molar-refractivity contribution in [3.63, 3.8) is 0 Å². The van der Waals surface area contributed by atoms with Gasteiger partial charge in [-0.2, -0.15) is 4.98 Å². The third kappa shape index (κ3) is 3.14. The first-order valence-electron chi connectivity index (χ1n) is 5.91. The number of methoxy groups -OCH3 is 2. The van der Waals surface area contributed by atoms with Gasteiger partial charge in [0.2, 0.25) is 11.8 Å². The molecule has 7 heteroatoms. The van der Waals surface area contributed by atoms with Crippen molar-refractivity contribution in [3.8, 4) is 11.6 Å². The van der Waals surface area contributed by atoms with Crippen LogP contribution in [0.1, 0.15) is 5.56 Å². The Morgan fingerprint density at radius 3 is 2.48 bits per heavy atom. The third-order valence-corrected chi connectivity index (χ3v) is 3.42. The molecule has 0 bridgehead atoms. The molecule has 21 heavy (non-hydrogen) atoms. The molecule has 1 aromatic carbocycles. The van der Waals surface area contributed by atoms with Crippen LogP contribution >= 0.6 is 23.2 Å². The van der Waals surface area contributed by atoms with Crippen LogP contribution in [0.2, 0.25) is 10.0 Å². The van der Waals surface area contributed by atoms with Crippen LogP contribution in [0.25, 0.3) is 0 Å². The van der Waals surface area contributed by atoms with Crippen molar-refractivity contribution in [2.75, 3.05) is 26.2 Å². The third-order valence-electron chi connectivity index (χ3n) is 2.85. The van der Waals surface area contributed by atoms with Gasteiger partial charge in [-0.15, -0.1) is 0 Å².